The van der Waals surface area contributed by atoms with Gasteiger partial charge >= 0.3 is 0 Å². The number of halogens is 1. The fourth-order valence-electron chi connectivity index (χ4n) is 3.04. The third kappa shape index (κ3) is 7.75. The largest absolute Gasteiger partial charge is 0.352 e. The van der Waals surface area contributed by atoms with Gasteiger partial charge in [-0.25, -0.2) is 0 Å². The summed E-state index contributed by atoms with van der Waals surface area (Å²) in [5.41, 5.74) is 1.15. The van der Waals surface area contributed by atoms with Crippen LogP contribution in [0.3, 0.4) is 0 Å². The van der Waals surface area contributed by atoms with Gasteiger partial charge in [0.2, 0.25) is 11.8 Å². The van der Waals surface area contributed by atoms with E-state index in [9.17, 15) is 9.59 Å². The number of benzene rings is 2. The second kappa shape index (κ2) is 11.9. The third-order valence-electron chi connectivity index (χ3n) is 4.48. The number of nitrogens with one attached hydrogen (secondary N) is 1. The van der Waals surface area contributed by atoms with E-state index in [1.165, 1.54) is 11.8 Å². The Bertz CT molecular complexity index is 781. The second-order valence-corrected chi connectivity index (χ2v) is 8.64. The van der Waals surface area contributed by atoms with Gasteiger partial charge in [-0.05, 0) is 56.5 Å². The number of thioether (sulfide) groups is 1. The molecule has 156 valence electrons. The van der Waals surface area contributed by atoms with E-state index in [0.717, 1.165) is 10.5 Å². The highest BCUT2D eigenvalue weighted by atomic mass is 35.5. The van der Waals surface area contributed by atoms with E-state index in [2.05, 4.69) is 5.32 Å². The molecular formula is C23H29ClN2O2S. The Morgan fingerprint density at radius 3 is 2.31 bits per heavy atom. The number of carbonyl (C=O) groups excluding carboxylic acids is 2. The number of hydrogen-bond acceptors (Lipinski definition) is 3. The van der Waals surface area contributed by atoms with Gasteiger partial charge in [0.15, 0.2) is 0 Å². The fourth-order valence-corrected chi connectivity index (χ4v) is 3.95. The molecule has 2 aromatic rings. The Kier molecular flexibility index (Phi) is 9.55. The van der Waals surface area contributed by atoms with Crippen molar-refractivity contribution >= 4 is 35.2 Å². The Balaban J connectivity index is 2.11. The average molecular weight is 433 g/mol. The van der Waals surface area contributed by atoms with Gasteiger partial charge in [0.25, 0.3) is 0 Å². The normalized spacial score (nSPS) is 11.9. The number of rotatable bonds is 10. The predicted molar refractivity (Wildman–Crippen MR) is 121 cm³/mol. The van der Waals surface area contributed by atoms with E-state index in [4.69, 9.17) is 11.6 Å². The standard InChI is InChI=1S/C23H29ClN2O2S/c1-4-21(23(28)25-17(2)3)26(15-14-18-8-6-5-7-9-18)22(27)16-29-20-12-10-19(24)11-13-20/h5-13,17,21H,4,14-16H2,1-3H3,(H,25,28)/t21-/m0/s1. The number of carbonyl (C=O) groups is 2. The van der Waals surface area contributed by atoms with Gasteiger partial charge in [0, 0.05) is 22.5 Å². The van der Waals surface area contributed by atoms with Gasteiger partial charge in [0.1, 0.15) is 6.04 Å². The maximum absolute atomic E-state index is 13.1. The van der Waals surface area contributed by atoms with Crippen LogP contribution in [0.5, 0.6) is 0 Å². The van der Waals surface area contributed by atoms with Crippen LogP contribution in [0.4, 0.5) is 0 Å². The van der Waals surface area contributed by atoms with E-state index in [1.54, 1.807) is 4.90 Å². The Hall–Kier alpha value is -1.98. The molecule has 1 atom stereocenters. The summed E-state index contributed by atoms with van der Waals surface area (Å²) >= 11 is 7.39. The molecule has 0 radical (unpaired) electrons. The molecule has 0 bridgehead atoms. The van der Waals surface area contributed by atoms with Crippen molar-refractivity contribution in [3.8, 4) is 0 Å². The molecule has 0 aliphatic rings. The first-order chi connectivity index (χ1) is 13.9. The molecule has 0 spiro atoms. The third-order valence-corrected chi connectivity index (χ3v) is 5.73. The van der Waals surface area contributed by atoms with Crippen LogP contribution in [0.25, 0.3) is 0 Å². The average Bonchev–Trinajstić information content (AvgIpc) is 2.70. The first kappa shape index (κ1) is 23.3. The fraction of sp³-hybridized carbons (Fsp3) is 0.391. The van der Waals surface area contributed by atoms with Crippen molar-refractivity contribution in [3.05, 3.63) is 65.2 Å². The lowest BCUT2D eigenvalue weighted by atomic mass is 10.1. The SMILES string of the molecule is CC[C@@H](C(=O)NC(C)C)N(CCc1ccccc1)C(=O)CSc1ccc(Cl)cc1. The van der Waals surface area contributed by atoms with Crippen LogP contribution in [0.2, 0.25) is 5.02 Å². The summed E-state index contributed by atoms with van der Waals surface area (Å²) in [5.74, 6) is 0.147. The molecule has 1 N–H and O–H groups in total. The molecule has 0 aliphatic heterocycles. The number of hydrogen-bond donors (Lipinski definition) is 1. The van der Waals surface area contributed by atoms with Crippen LogP contribution in [-0.4, -0.2) is 41.1 Å². The zero-order valence-corrected chi connectivity index (χ0v) is 18.8. The van der Waals surface area contributed by atoms with Crippen molar-refractivity contribution in [2.24, 2.45) is 0 Å². The van der Waals surface area contributed by atoms with Gasteiger partial charge in [0.05, 0.1) is 5.75 Å². The molecule has 0 heterocycles. The Morgan fingerprint density at radius 1 is 1.07 bits per heavy atom. The summed E-state index contributed by atoms with van der Waals surface area (Å²) in [6.45, 7) is 6.31. The van der Waals surface area contributed by atoms with E-state index >= 15 is 0 Å². The molecule has 0 saturated heterocycles. The molecule has 0 unspecified atom stereocenters. The van der Waals surface area contributed by atoms with E-state index in [-0.39, 0.29) is 23.6 Å². The molecule has 4 nitrogen and oxygen atoms in total. The minimum Gasteiger partial charge on any atom is -0.352 e. The van der Waals surface area contributed by atoms with Gasteiger partial charge in [-0.2, -0.15) is 0 Å². The Labute approximate surface area is 183 Å². The van der Waals surface area contributed by atoms with Crippen molar-refractivity contribution in [2.75, 3.05) is 12.3 Å². The van der Waals surface area contributed by atoms with E-state index in [0.29, 0.717) is 24.4 Å². The number of amides is 2. The van der Waals surface area contributed by atoms with Crippen molar-refractivity contribution in [1.82, 2.24) is 10.2 Å². The van der Waals surface area contributed by atoms with Crippen molar-refractivity contribution < 1.29 is 9.59 Å². The zero-order valence-electron chi connectivity index (χ0n) is 17.2. The van der Waals surface area contributed by atoms with Gasteiger partial charge in [-0.15, -0.1) is 11.8 Å². The maximum atomic E-state index is 13.1. The molecule has 0 fully saturated rings. The number of nitrogens with zero attached hydrogens (tertiary/aromatic N) is 1. The molecule has 0 aliphatic carbocycles. The zero-order chi connectivity index (χ0) is 21.2. The summed E-state index contributed by atoms with van der Waals surface area (Å²) in [7, 11) is 0. The lowest BCUT2D eigenvalue weighted by Gasteiger charge is -2.31. The van der Waals surface area contributed by atoms with E-state index in [1.807, 2.05) is 75.4 Å². The lowest BCUT2D eigenvalue weighted by Crippen LogP contribution is -2.51. The lowest BCUT2D eigenvalue weighted by molar-refractivity contribution is -0.139. The van der Waals surface area contributed by atoms with Crippen LogP contribution in [0.15, 0.2) is 59.5 Å². The van der Waals surface area contributed by atoms with Gasteiger partial charge < -0.3 is 10.2 Å². The highest BCUT2D eigenvalue weighted by Crippen LogP contribution is 2.21. The minimum atomic E-state index is -0.473. The quantitative estimate of drug-likeness (QED) is 0.548. The van der Waals surface area contributed by atoms with E-state index < -0.39 is 6.04 Å². The van der Waals surface area contributed by atoms with Crippen molar-refractivity contribution in [1.29, 1.82) is 0 Å². The molecule has 0 aromatic heterocycles. The van der Waals surface area contributed by atoms with Crippen LogP contribution in [0.1, 0.15) is 32.8 Å². The highest BCUT2D eigenvalue weighted by Gasteiger charge is 2.28. The highest BCUT2D eigenvalue weighted by molar-refractivity contribution is 8.00. The first-order valence-electron chi connectivity index (χ1n) is 9.92. The second-order valence-electron chi connectivity index (χ2n) is 7.15. The first-order valence-corrected chi connectivity index (χ1v) is 11.3. The molecular weight excluding hydrogens is 404 g/mol. The smallest absolute Gasteiger partial charge is 0.242 e. The summed E-state index contributed by atoms with van der Waals surface area (Å²) in [4.78, 5) is 28.5. The van der Waals surface area contributed by atoms with Crippen LogP contribution >= 0.6 is 23.4 Å². The predicted octanol–water partition coefficient (Wildman–Crippen LogP) is 4.81. The maximum Gasteiger partial charge on any atom is 0.242 e. The van der Waals surface area contributed by atoms with Crippen LogP contribution in [-0.2, 0) is 16.0 Å². The van der Waals surface area contributed by atoms with Crippen LogP contribution in [0, 0.1) is 0 Å². The molecule has 2 rings (SSSR count). The monoisotopic (exact) mass is 432 g/mol. The summed E-state index contributed by atoms with van der Waals surface area (Å²) < 4.78 is 0. The van der Waals surface area contributed by atoms with Gasteiger partial charge in [-0.1, -0.05) is 48.9 Å². The molecule has 29 heavy (non-hydrogen) atoms. The topological polar surface area (TPSA) is 49.4 Å². The Morgan fingerprint density at radius 2 is 1.72 bits per heavy atom. The van der Waals surface area contributed by atoms with Gasteiger partial charge in [-0.3, -0.25) is 9.59 Å². The molecule has 0 saturated carbocycles. The molecule has 2 amide bonds. The molecule has 6 heteroatoms. The minimum absolute atomic E-state index is 0.0334. The van der Waals surface area contributed by atoms with Crippen molar-refractivity contribution in [2.45, 2.75) is 50.6 Å². The molecule has 2 aromatic carbocycles. The van der Waals surface area contributed by atoms with Crippen LogP contribution < -0.4 is 5.32 Å². The summed E-state index contributed by atoms with van der Waals surface area (Å²) in [6, 6.07) is 17.0. The summed E-state index contributed by atoms with van der Waals surface area (Å²) in [5, 5.41) is 3.62. The van der Waals surface area contributed by atoms with Crippen molar-refractivity contribution in [3.63, 3.8) is 0 Å². The summed E-state index contributed by atoms with van der Waals surface area (Å²) in [6.07, 6.45) is 1.29.